The van der Waals surface area contributed by atoms with Crippen LogP contribution in [0.5, 0.6) is 0 Å². The Morgan fingerprint density at radius 2 is 1.69 bits per heavy atom. The number of aryl methyl sites for hydroxylation is 3. The topological polar surface area (TPSA) is 88.2 Å². The van der Waals surface area contributed by atoms with Gasteiger partial charge in [-0.05, 0) is 74.1 Å². The van der Waals surface area contributed by atoms with Crippen molar-refractivity contribution in [1.82, 2.24) is 4.98 Å². The zero-order chi connectivity index (χ0) is 24.4. The first-order chi connectivity index (χ1) is 16.9. The first kappa shape index (κ1) is 23.3. The molecule has 0 saturated heterocycles. The van der Waals surface area contributed by atoms with E-state index in [0.29, 0.717) is 5.13 Å². The summed E-state index contributed by atoms with van der Waals surface area (Å²) in [4.78, 5) is 17.8. The van der Waals surface area contributed by atoms with Crippen LogP contribution in [0.3, 0.4) is 0 Å². The summed E-state index contributed by atoms with van der Waals surface area (Å²) in [5.74, 6) is -0.432. The van der Waals surface area contributed by atoms with Crippen molar-refractivity contribution in [3.63, 3.8) is 0 Å². The van der Waals surface area contributed by atoms with Crippen molar-refractivity contribution in [2.24, 2.45) is 0 Å². The molecule has 6 nitrogen and oxygen atoms in total. The van der Waals surface area contributed by atoms with E-state index in [4.69, 9.17) is 0 Å². The van der Waals surface area contributed by atoms with E-state index in [2.05, 4.69) is 33.2 Å². The van der Waals surface area contributed by atoms with Gasteiger partial charge >= 0.3 is 0 Å². The minimum Gasteiger partial charge on any atom is -0.298 e. The molecule has 35 heavy (non-hydrogen) atoms. The third-order valence-corrected chi connectivity index (χ3v) is 8.26. The monoisotopic (exact) mass is 503 g/mol. The summed E-state index contributed by atoms with van der Waals surface area (Å²) >= 11 is 1.34. The van der Waals surface area contributed by atoms with Crippen molar-refractivity contribution in [2.45, 2.75) is 37.5 Å². The highest BCUT2D eigenvalue weighted by Gasteiger charge is 2.20. The van der Waals surface area contributed by atoms with Crippen LogP contribution in [0.1, 0.15) is 39.9 Å². The molecular weight excluding hydrogens is 478 g/mol. The maximum Gasteiger partial charge on any atom is 0.261 e. The van der Waals surface area contributed by atoms with Gasteiger partial charge in [-0.2, -0.15) is 0 Å². The van der Waals surface area contributed by atoms with E-state index in [-0.39, 0.29) is 16.1 Å². The van der Waals surface area contributed by atoms with Gasteiger partial charge in [0.1, 0.15) is 0 Å². The van der Waals surface area contributed by atoms with E-state index in [1.54, 1.807) is 36.4 Å². The Bertz CT molecular complexity index is 1490. The zero-order valence-corrected chi connectivity index (χ0v) is 20.9. The molecule has 1 amide bonds. The average molecular weight is 504 g/mol. The number of nitrogens with one attached hydrogen (secondary N) is 2. The number of rotatable bonds is 6. The standard InChI is InChI=1S/C27H25N3O3S2/c1-18-10-14-22(15-11-18)35(32,33)30-24-9-5-4-8-23(24)26(31)29-27-28-25(17-34-27)21-13-12-19-6-2-3-7-20(19)16-21/h4-5,8-17,30H,2-3,6-7H2,1H3,(H,28,29,31). The molecule has 3 aromatic carbocycles. The predicted octanol–water partition coefficient (Wildman–Crippen LogP) is 6.05. The van der Waals surface area contributed by atoms with Crippen molar-refractivity contribution in [3.8, 4) is 11.3 Å². The number of para-hydroxylation sites is 1. The number of fused-ring (bicyclic) bond motifs is 1. The molecule has 0 spiro atoms. The minimum absolute atomic E-state index is 0.132. The number of benzene rings is 3. The number of carbonyl (C=O) groups is 1. The molecule has 0 radical (unpaired) electrons. The van der Waals surface area contributed by atoms with Gasteiger partial charge in [-0.15, -0.1) is 11.3 Å². The molecule has 0 aliphatic heterocycles. The summed E-state index contributed by atoms with van der Waals surface area (Å²) in [6.45, 7) is 1.89. The number of thiazole rings is 1. The molecule has 2 N–H and O–H groups in total. The molecular formula is C27H25N3O3S2. The number of aromatic nitrogens is 1. The lowest BCUT2D eigenvalue weighted by Crippen LogP contribution is -2.18. The number of carbonyl (C=O) groups excluding carboxylic acids is 1. The van der Waals surface area contributed by atoms with Crippen LogP contribution in [0.25, 0.3) is 11.3 Å². The van der Waals surface area contributed by atoms with Gasteiger partial charge in [0.2, 0.25) is 0 Å². The van der Waals surface area contributed by atoms with Crippen molar-refractivity contribution in [2.75, 3.05) is 10.0 Å². The highest BCUT2D eigenvalue weighted by molar-refractivity contribution is 7.92. The highest BCUT2D eigenvalue weighted by atomic mass is 32.2. The lowest BCUT2D eigenvalue weighted by atomic mass is 9.90. The van der Waals surface area contributed by atoms with E-state index < -0.39 is 15.9 Å². The van der Waals surface area contributed by atoms with Crippen LogP contribution in [0.2, 0.25) is 0 Å². The van der Waals surface area contributed by atoms with Crippen LogP contribution in [-0.4, -0.2) is 19.3 Å². The summed E-state index contributed by atoms with van der Waals surface area (Å²) in [5.41, 5.74) is 6.02. The van der Waals surface area contributed by atoms with Crippen LogP contribution in [0.4, 0.5) is 10.8 Å². The number of nitrogens with zero attached hydrogens (tertiary/aromatic N) is 1. The number of amides is 1. The van der Waals surface area contributed by atoms with Gasteiger partial charge in [-0.25, -0.2) is 13.4 Å². The number of hydrogen-bond acceptors (Lipinski definition) is 5. The molecule has 1 aromatic heterocycles. The summed E-state index contributed by atoms with van der Waals surface area (Å²) in [5, 5.41) is 5.20. The fourth-order valence-corrected chi connectivity index (χ4v) is 6.01. The van der Waals surface area contributed by atoms with E-state index in [1.807, 2.05) is 12.3 Å². The second-order valence-electron chi connectivity index (χ2n) is 8.65. The summed E-state index contributed by atoms with van der Waals surface area (Å²) in [7, 11) is -3.84. The molecule has 0 saturated carbocycles. The maximum absolute atomic E-state index is 13.1. The molecule has 5 rings (SSSR count). The van der Waals surface area contributed by atoms with E-state index in [9.17, 15) is 13.2 Å². The largest absolute Gasteiger partial charge is 0.298 e. The Kier molecular flexibility index (Phi) is 6.40. The van der Waals surface area contributed by atoms with Crippen LogP contribution >= 0.6 is 11.3 Å². The Balaban J connectivity index is 1.34. The molecule has 0 atom stereocenters. The van der Waals surface area contributed by atoms with Gasteiger partial charge in [0.15, 0.2) is 5.13 Å². The van der Waals surface area contributed by atoms with Crippen molar-refractivity contribution in [3.05, 3.63) is 94.4 Å². The quantitative estimate of drug-likeness (QED) is 0.335. The molecule has 178 valence electrons. The lowest BCUT2D eigenvalue weighted by Gasteiger charge is -2.16. The fraction of sp³-hybridized carbons (Fsp3) is 0.185. The zero-order valence-electron chi connectivity index (χ0n) is 19.2. The third-order valence-electron chi connectivity index (χ3n) is 6.12. The normalized spacial score (nSPS) is 13.2. The lowest BCUT2D eigenvalue weighted by molar-refractivity contribution is 0.102. The van der Waals surface area contributed by atoms with Crippen LogP contribution < -0.4 is 10.0 Å². The van der Waals surface area contributed by atoms with Gasteiger partial charge in [-0.3, -0.25) is 14.8 Å². The van der Waals surface area contributed by atoms with Gasteiger partial charge in [-0.1, -0.05) is 42.0 Å². The first-order valence-electron chi connectivity index (χ1n) is 11.5. The van der Waals surface area contributed by atoms with E-state index >= 15 is 0 Å². The molecule has 0 bridgehead atoms. The number of sulfonamides is 1. The van der Waals surface area contributed by atoms with Gasteiger partial charge in [0, 0.05) is 10.9 Å². The molecule has 4 aromatic rings. The van der Waals surface area contributed by atoms with Gasteiger partial charge in [0.05, 0.1) is 21.8 Å². The van der Waals surface area contributed by atoms with Crippen LogP contribution in [0, 0.1) is 6.92 Å². The van der Waals surface area contributed by atoms with Crippen molar-refractivity contribution in [1.29, 1.82) is 0 Å². The Morgan fingerprint density at radius 3 is 2.49 bits per heavy atom. The van der Waals surface area contributed by atoms with Gasteiger partial charge in [0.25, 0.3) is 15.9 Å². The molecule has 8 heteroatoms. The van der Waals surface area contributed by atoms with E-state index in [0.717, 1.165) is 29.7 Å². The molecule has 0 unspecified atom stereocenters. The first-order valence-corrected chi connectivity index (χ1v) is 13.8. The van der Waals surface area contributed by atoms with Crippen LogP contribution in [-0.2, 0) is 22.9 Å². The van der Waals surface area contributed by atoms with Crippen molar-refractivity contribution < 1.29 is 13.2 Å². The Labute approximate surface area is 209 Å². The molecule has 0 fully saturated rings. The Hall–Kier alpha value is -3.49. The second-order valence-corrected chi connectivity index (χ2v) is 11.2. The molecule has 1 aliphatic carbocycles. The SMILES string of the molecule is Cc1ccc(S(=O)(=O)Nc2ccccc2C(=O)Nc2nc(-c3ccc4c(c3)CCCC4)cs2)cc1. The average Bonchev–Trinajstić information content (AvgIpc) is 3.32. The van der Waals surface area contributed by atoms with E-state index in [1.165, 1.54) is 47.4 Å². The van der Waals surface area contributed by atoms with Gasteiger partial charge < -0.3 is 0 Å². The highest BCUT2D eigenvalue weighted by Crippen LogP contribution is 2.30. The summed E-state index contributed by atoms with van der Waals surface area (Å²) in [6, 6.07) is 19.5. The Morgan fingerprint density at radius 1 is 0.943 bits per heavy atom. The minimum atomic E-state index is -3.84. The molecule has 1 aliphatic rings. The third kappa shape index (κ3) is 5.13. The fourth-order valence-electron chi connectivity index (χ4n) is 4.21. The second kappa shape index (κ2) is 9.64. The maximum atomic E-state index is 13.1. The predicted molar refractivity (Wildman–Crippen MR) is 141 cm³/mol. The smallest absolute Gasteiger partial charge is 0.261 e. The summed E-state index contributed by atoms with van der Waals surface area (Å²) in [6.07, 6.45) is 4.66. The van der Waals surface area contributed by atoms with Crippen LogP contribution in [0.15, 0.2) is 77.0 Å². The number of hydrogen-bond donors (Lipinski definition) is 2. The van der Waals surface area contributed by atoms with Crippen molar-refractivity contribution >= 4 is 38.1 Å². The number of anilines is 2. The summed E-state index contributed by atoms with van der Waals surface area (Å²) < 4.78 is 28.3. The molecule has 1 heterocycles.